The van der Waals surface area contributed by atoms with Crippen molar-refractivity contribution in [2.24, 2.45) is 5.92 Å². The summed E-state index contributed by atoms with van der Waals surface area (Å²) in [6, 6.07) is 2.09. The topological polar surface area (TPSA) is 32.3 Å². The molecular weight excluding hydrogens is 230 g/mol. The second kappa shape index (κ2) is 7.23. The van der Waals surface area contributed by atoms with E-state index in [0.717, 1.165) is 12.1 Å². The van der Waals surface area contributed by atoms with Crippen LogP contribution in [0.25, 0.3) is 0 Å². The molecule has 0 aliphatic rings. The van der Waals surface area contributed by atoms with Gasteiger partial charge in [0.2, 0.25) is 0 Å². The lowest BCUT2D eigenvalue weighted by Crippen LogP contribution is -2.34. The molecule has 1 heterocycles. The van der Waals surface area contributed by atoms with E-state index >= 15 is 0 Å². The van der Waals surface area contributed by atoms with Gasteiger partial charge in [-0.15, -0.1) is 12.4 Å². The summed E-state index contributed by atoms with van der Waals surface area (Å²) in [5.74, 6) is 0.618. The standard InChI is InChI=1S/C11H19NOS.ClH/c1-8(2)6-12-9(3)11(13)10-4-5-14-7-10;/h4-5,7-9,11-13H,6H2,1-3H3;1H. The van der Waals surface area contributed by atoms with E-state index in [9.17, 15) is 5.11 Å². The monoisotopic (exact) mass is 249 g/mol. The van der Waals surface area contributed by atoms with Gasteiger partial charge in [-0.1, -0.05) is 13.8 Å². The molecule has 0 radical (unpaired) electrons. The number of nitrogens with one attached hydrogen (secondary N) is 1. The number of thiophene rings is 1. The van der Waals surface area contributed by atoms with E-state index in [-0.39, 0.29) is 24.6 Å². The highest BCUT2D eigenvalue weighted by molar-refractivity contribution is 7.07. The normalized spacial score (nSPS) is 14.7. The van der Waals surface area contributed by atoms with Crippen LogP contribution in [0.2, 0.25) is 0 Å². The molecule has 2 atom stereocenters. The molecule has 0 amide bonds. The fourth-order valence-electron chi connectivity index (χ4n) is 1.27. The van der Waals surface area contributed by atoms with Crippen LogP contribution in [0.5, 0.6) is 0 Å². The van der Waals surface area contributed by atoms with Gasteiger partial charge in [-0.3, -0.25) is 0 Å². The first-order chi connectivity index (χ1) is 6.61. The van der Waals surface area contributed by atoms with Gasteiger partial charge in [0.15, 0.2) is 0 Å². The third-order valence-corrected chi connectivity index (χ3v) is 2.91. The fourth-order valence-corrected chi connectivity index (χ4v) is 1.95. The predicted molar refractivity (Wildman–Crippen MR) is 68.8 cm³/mol. The maximum absolute atomic E-state index is 9.93. The number of aliphatic hydroxyl groups is 1. The largest absolute Gasteiger partial charge is 0.387 e. The van der Waals surface area contributed by atoms with E-state index in [2.05, 4.69) is 19.2 Å². The van der Waals surface area contributed by atoms with Crippen LogP contribution in [0, 0.1) is 5.92 Å². The highest BCUT2D eigenvalue weighted by Gasteiger charge is 2.15. The van der Waals surface area contributed by atoms with E-state index < -0.39 is 0 Å². The minimum Gasteiger partial charge on any atom is -0.387 e. The van der Waals surface area contributed by atoms with E-state index in [1.165, 1.54) is 0 Å². The van der Waals surface area contributed by atoms with Gasteiger partial charge in [-0.2, -0.15) is 11.3 Å². The van der Waals surface area contributed by atoms with Crippen LogP contribution >= 0.6 is 23.7 Å². The molecule has 1 aromatic heterocycles. The number of hydrogen-bond acceptors (Lipinski definition) is 3. The molecule has 4 heteroatoms. The summed E-state index contributed by atoms with van der Waals surface area (Å²) < 4.78 is 0. The maximum Gasteiger partial charge on any atom is 0.0948 e. The summed E-state index contributed by atoms with van der Waals surface area (Å²) in [4.78, 5) is 0. The summed E-state index contributed by atoms with van der Waals surface area (Å²) in [5.41, 5.74) is 1.01. The summed E-state index contributed by atoms with van der Waals surface area (Å²) >= 11 is 1.62. The van der Waals surface area contributed by atoms with Crippen LogP contribution in [0.4, 0.5) is 0 Å². The Hall–Kier alpha value is -0.0900. The zero-order valence-corrected chi connectivity index (χ0v) is 11.1. The van der Waals surface area contributed by atoms with Crippen LogP contribution in [-0.2, 0) is 0 Å². The highest BCUT2D eigenvalue weighted by Crippen LogP contribution is 2.19. The number of aliphatic hydroxyl groups excluding tert-OH is 1. The van der Waals surface area contributed by atoms with Crippen LogP contribution in [0.1, 0.15) is 32.4 Å². The van der Waals surface area contributed by atoms with Crippen molar-refractivity contribution in [1.82, 2.24) is 5.32 Å². The lowest BCUT2D eigenvalue weighted by atomic mass is 10.1. The van der Waals surface area contributed by atoms with Gasteiger partial charge >= 0.3 is 0 Å². The molecule has 0 bridgehead atoms. The Morgan fingerprint density at radius 3 is 2.53 bits per heavy atom. The smallest absolute Gasteiger partial charge is 0.0948 e. The minimum atomic E-state index is -0.389. The van der Waals surface area contributed by atoms with Crippen molar-refractivity contribution in [2.75, 3.05) is 6.54 Å². The summed E-state index contributed by atoms with van der Waals surface area (Å²) in [5, 5.41) is 17.3. The third-order valence-electron chi connectivity index (χ3n) is 2.21. The van der Waals surface area contributed by atoms with Gasteiger partial charge in [0.05, 0.1) is 6.10 Å². The van der Waals surface area contributed by atoms with Crippen molar-refractivity contribution in [3.8, 4) is 0 Å². The lowest BCUT2D eigenvalue weighted by Gasteiger charge is -2.20. The molecule has 1 aromatic rings. The van der Waals surface area contributed by atoms with Gasteiger partial charge in [0.1, 0.15) is 0 Å². The molecule has 0 aliphatic carbocycles. The van der Waals surface area contributed by atoms with Crippen molar-refractivity contribution in [3.05, 3.63) is 22.4 Å². The number of halogens is 1. The Morgan fingerprint density at radius 1 is 1.40 bits per heavy atom. The van der Waals surface area contributed by atoms with Gasteiger partial charge in [-0.25, -0.2) is 0 Å². The first-order valence-electron chi connectivity index (χ1n) is 5.04. The van der Waals surface area contributed by atoms with Crippen LogP contribution in [-0.4, -0.2) is 17.7 Å². The second-order valence-electron chi connectivity index (χ2n) is 4.09. The Morgan fingerprint density at radius 2 is 2.07 bits per heavy atom. The van der Waals surface area contributed by atoms with Gasteiger partial charge in [0, 0.05) is 6.04 Å². The van der Waals surface area contributed by atoms with Gasteiger partial charge in [0.25, 0.3) is 0 Å². The molecule has 0 spiro atoms. The Bertz CT molecular complexity index is 251. The fraction of sp³-hybridized carbons (Fsp3) is 0.636. The van der Waals surface area contributed by atoms with Crippen molar-refractivity contribution in [3.63, 3.8) is 0 Å². The molecule has 0 aliphatic heterocycles. The molecular formula is C11H20ClNOS. The Kier molecular flexibility index (Phi) is 7.18. The van der Waals surface area contributed by atoms with E-state index in [1.54, 1.807) is 11.3 Å². The van der Waals surface area contributed by atoms with Crippen molar-refractivity contribution < 1.29 is 5.11 Å². The SMILES string of the molecule is CC(C)CNC(C)C(O)c1ccsc1.Cl. The molecule has 0 aromatic carbocycles. The van der Waals surface area contributed by atoms with E-state index in [0.29, 0.717) is 5.92 Å². The molecule has 0 saturated heterocycles. The lowest BCUT2D eigenvalue weighted by molar-refractivity contribution is 0.135. The Balaban J connectivity index is 0.00000196. The third kappa shape index (κ3) is 4.98. The highest BCUT2D eigenvalue weighted by atomic mass is 35.5. The van der Waals surface area contributed by atoms with Crippen molar-refractivity contribution >= 4 is 23.7 Å². The Labute approximate surface area is 102 Å². The van der Waals surface area contributed by atoms with Crippen molar-refractivity contribution in [1.29, 1.82) is 0 Å². The number of hydrogen-bond donors (Lipinski definition) is 2. The van der Waals surface area contributed by atoms with E-state index in [1.807, 2.05) is 23.8 Å². The molecule has 2 N–H and O–H groups in total. The minimum absolute atomic E-state index is 0. The average molecular weight is 250 g/mol. The zero-order valence-electron chi connectivity index (χ0n) is 9.43. The maximum atomic E-state index is 9.93. The molecule has 0 saturated carbocycles. The first kappa shape index (κ1) is 14.9. The van der Waals surface area contributed by atoms with Crippen LogP contribution in [0.15, 0.2) is 16.8 Å². The zero-order chi connectivity index (χ0) is 10.6. The molecule has 1 rings (SSSR count). The molecule has 2 nitrogen and oxygen atoms in total. The first-order valence-corrected chi connectivity index (χ1v) is 5.99. The summed E-state index contributed by atoms with van der Waals surface area (Å²) in [6.07, 6.45) is -0.389. The summed E-state index contributed by atoms with van der Waals surface area (Å²) in [7, 11) is 0. The molecule has 2 unspecified atom stereocenters. The molecule has 88 valence electrons. The van der Waals surface area contributed by atoms with Crippen molar-refractivity contribution in [2.45, 2.75) is 32.9 Å². The average Bonchev–Trinajstić information content (AvgIpc) is 2.65. The van der Waals surface area contributed by atoms with Gasteiger partial charge < -0.3 is 10.4 Å². The van der Waals surface area contributed by atoms with Gasteiger partial charge in [-0.05, 0) is 41.8 Å². The van der Waals surface area contributed by atoms with Crippen LogP contribution in [0.3, 0.4) is 0 Å². The van der Waals surface area contributed by atoms with E-state index in [4.69, 9.17) is 0 Å². The number of rotatable bonds is 5. The quantitative estimate of drug-likeness (QED) is 0.841. The predicted octanol–water partition coefficient (Wildman–Crippen LogP) is 2.84. The van der Waals surface area contributed by atoms with Crippen LogP contribution < -0.4 is 5.32 Å². The second-order valence-corrected chi connectivity index (χ2v) is 4.87. The summed E-state index contributed by atoms with van der Waals surface area (Å²) in [6.45, 7) is 7.29. The molecule has 0 fully saturated rings. The molecule has 15 heavy (non-hydrogen) atoms.